The molecule has 1 amide bonds. The second-order valence-corrected chi connectivity index (χ2v) is 5.69. The van der Waals surface area contributed by atoms with Crippen molar-refractivity contribution in [3.8, 4) is 0 Å². The molecule has 0 fully saturated rings. The van der Waals surface area contributed by atoms with Gasteiger partial charge >= 0.3 is 29.6 Å². The zero-order valence-electron chi connectivity index (χ0n) is 14.7. The van der Waals surface area contributed by atoms with E-state index >= 15 is 0 Å². The molecule has 0 aliphatic heterocycles. The molecule has 1 aliphatic rings. The Morgan fingerprint density at radius 3 is 1.96 bits per heavy atom. The van der Waals surface area contributed by atoms with Crippen molar-refractivity contribution in [3.63, 3.8) is 0 Å². The van der Waals surface area contributed by atoms with Gasteiger partial charge in [-0.3, -0.25) is 4.79 Å². The Hall–Kier alpha value is -2.27. The number of hydrogen-bond acceptors (Lipinski definition) is 3. The van der Waals surface area contributed by atoms with Crippen molar-refractivity contribution in [1.29, 1.82) is 0 Å². The van der Waals surface area contributed by atoms with Crippen molar-refractivity contribution < 1.29 is 39.5 Å². The van der Waals surface area contributed by atoms with Crippen LogP contribution in [-0.4, -0.2) is 5.91 Å². The van der Waals surface area contributed by atoms with Crippen LogP contribution < -0.4 is 45.3 Å². The standard InChI is InChI=1S/C21H20N2O2.Na/c24-20(22-14-16-8-3-1-4-9-16)18-12-7-13-19(18)21(25)23-15-17-10-5-2-6-11-17;/h1-13,22,24H,14-15H2,(H,23,25);/q;+1/p-1. The summed E-state index contributed by atoms with van der Waals surface area (Å²) in [6, 6.07) is 19.3. The maximum absolute atomic E-state index is 12.4. The van der Waals surface area contributed by atoms with E-state index in [0.717, 1.165) is 11.1 Å². The van der Waals surface area contributed by atoms with Crippen LogP contribution in [0.5, 0.6) is 0 Å². The molecular formula is C21H19N2NaO2. The summed E-state index contributed by atoms with van der Waals surface area (Å²) in [6.45, 7) is 0.853. The van der Waals surface area contributed by atoms with Crippen molar-refractivity contribution in [3.05, 3.63) is 107 Å². The Morgan fingerprint density at radius 2 is 1.38 bits per heavy atom. The number of amides is 1. The zero-order valence-corrected chi connectivity index (χ0v) is 16.7. The average Bonchev–Trinajstić information content (AvgIpc) is 3.16. The predicted octanol–water partition coefficient (Wildman–Crippen LogP) is -0.835. The summed E-state index contributed by atoms with van der Waals surface area (Å²) < 4.78 is 0. The van der Waals surface area contributed by atoms with E-state index in [4.69, 9.17) is 0 Å². The van der Waals surface area contributed by atoms with Crippen molar-refractivity contribution in [2.24, 2.45) is 0 Å². The molecule has 0 spiro atoms. The summed E-state index contributed by atoms with van der Waals surface area (Å²) in [5.74, 6) is -0.502. The molecular weight excluding hydrogens is 335 g/mol. The molecule has 126 valence electrons. The van der Waals surface area contributed by atoms with Crippen LogP contribution in [0.15, 0.2) is 95.9 Å². The van der Waals surface area contributed by atoms with E-state index in [2.05, 4.69) is 10.6 Å². The van der Waals surface area contributed by atoms with Gasteiger partial charge in [-0.2, -0.15) is 0 Å². The number of hydrogen-bond donors (Lipinski definition) is 2. The minimum absolute atomic E-state index is 0. The fourth-order valence-corrected chi connectivity index (χ4v) is 2.56. The second-order valence-electron chi connectivity index (χ2n) is 5.69. The summed E-state index contributed by atoms with van der Waals surface area (Å²) in [5.41, 5.74) is 2.80. The topological polar surface area (TPSA) is 64.2 Å². The molecule has 2 aromatic rings. The Morgan fingerprint density at radius 1 is 0.846 bits per heavy atom. The van der Waals surface area contributed by atoms with E-state index in [1.165, 1.54) is 0 Å². The van der Waals surface area contributed by atoms with Crippen LogP contribution in [0, 0.1) is 0 Å². The molecule has 0 unspecified atom stereocenters. The van der Waals surface area contributed by atoms with Crippen LogP contribution in [-0.2, 0) is 17.9 Å². The van der Waals surface area contributed by atoms with Gasteiger partial charge in [-0.1, -0.05) is 72.8 Å². The van der Waals surface area contributed by atoms with Crippen LogP contribution in [0.4, 0.5) is 0 Å². The first-order valence-corrected chi connectivity index (χ1v) is 8.14. The first-order chi connectivity index (χ1) is 12.2. The van der Waals surface area contributed by atoms with Gasteiger partial charge in [0, 0.05) is 18.7 Å². The molecule has 0 bridgehead atoms. The summed E-state index contributed by atoms with van der Waals surface area (Å²) in [6.07, 6.45) is 5.05. The molecule has 0 saturated heterocycles. The van der Waals surface area contributed by atoms with Gasteiger partial charge in [0.1, 0.15) is 0 Å². The summed E-state index contributed by atoms with van der Waals surface area (Å²) in [7, 11) is 0. The normalized spacial score (nSPS) is 14.2. The van der Waals surface area contributed by atoms with Crippen LogP contribution in [0.1, 0.15) is 11.1 Å². The zero-order chi connectivity index (χ0) is 17.5. The van der Waals surface area contributed by atoms with Crippen molar-refractivity contribution in [1.82, 2.24) is 10.6 Å². The second kappa shape index (κ2) is 10.0. The molecule has 3 rings (SSSR count). The van der Waals surface area contributed by atoms with Gasteiger partial charge in [0.15, 0.2) is 0 Å². The van der Waals surface area contributed by atoms with Crippen LogP contribution >= 0.6 is 0 Å². The molecule has 0 radical (unpaired) electrons. The predicted molar refractivity (Wildman–Crippen MR) is 95.8 cm³/mol. The quantitative estimate of drug-likeness (QED) is 0.526. The smallest absolute Gasteiger partial charge is 0.860 e. The molecule has 1 aliphatic carbocycles. The molecule has 0 aromatic heterocycles. The van der Waals surface area contributed by atoms with Gasteiger partial charge in [0.25, 0.3) is 5.91 Å². The van der Waals surface area contributed by atoms with Gasteiger partial charge in [-0.15, -0.1) is 0 Å². The fraction of sp³-hybridized carbons (Fsp3) is 0.0952. The Labute approximate surface area is 175 Å². The Kier molecular flexibility index (Phi) is 7.73. The molecule has 2 N–H and O–H groups in total. The number of carbonyl (C=O) groups excluding carboxylic acids is 1. The van der Waals surface area contributed by atoms with E-state index in [1.807, 2.05) is 60.7 Å². The van der Waals surface area contributed by atoms with E-state index in [-0.39, 0.29) is 41.3 Å². The molecule has 26 heavy (non-hydrogen) atoms. The van der Waals surface area contributed by atoms with Gasteiger partial charge in [0.05, 0.1) is 0 Å². The minimum atomic E-state index is -0.251. The SMILES string of the molecule is O=C(NCc1ccccc1)C1=CC=CC1=C([O-])NCc1ccccc1.[Na+]. The first-order valence-electron chi connectivity index (χ1n) is 8.14. The van der Waals surface area contributed by atoms with Gasteiger partial charge < -0.3 is 15.7 Å². The molecule has 4 nitrogen and oxygen atoms in total. The van der Waals surface area contributed by atoms with Crippen molar-refractivity contribution in [2.45, 2.75) is 13.1 Å². The van der Waals surface area contributed by atoms with Crippen LogP contribution in [0.2, 0.25) is 0 Å². The maximum Gasteiger partial charge on any atom is 1.00 e. The fourth-order valence-electron chi connectivity index (χ4n) is 2.56. The molecule has 0 heterocycles. The number of benzene rings is 2. The largest absolute Gasteiger partial charge is 1.00 e. The third-order valence-electron chi connectivity index (χ3n) is 3.90. The number of allylic oxidation sites excluding steroid dienone is 3. The van der Waals surface area contributed by atoms with Gasteiger partial charge in [-0.25, -0.2) is 0 Å². The number of nitrogens with one attached hydrogen (secondary N) is 2. The number of rotatable bonds is 6. The summed E-state index contributed by atoms with van der Waals surface area (Å²) >= 11 is 0. The molecule has 0 atom stereocenters. The van der Waals surface area contributed by atoms with E-state index in [1.54, 1.807) is 18.2 Å². The maximum atomic E-state index is 12.4. The Bertz CT molecular complexity index is 828. The molecule has 2 aromatic carbocycles. The van der Waals surface area contributed by atoms with Crippen LogP contribution in [0.25, 0.3) is 0 Å². The molecule has 5 heteroatoms. The monoisotopic (exact) mass is 354 g/mol. The van der Waals surface area contributed by atoms with Crippen LogP contribution in [0.3, 0.4) is 0 Å². The van der Waals surface area contributed by atoms with E-state index in [9.17, 15) is 9.90 Å². The summed E-state index contributed by atoms with van der Waals surface area (Å²) in [4.78, 5) is 12.4. The minimum Gasteiger partial charge on any atom is -0.860 e. The molecule has 0 saturated carbocycles. The van der Waals surface area contributed by atoms with E-state index in [0.29, 0.717) is 24.2 Å². The number of carbonyl (C=O) groups is 1. The Balaban J connectivity index is 0.00000243. The third kappa shape index (κ3) is 5.36. The van der Waals surface area contributed by atoms with Gasteiger partial charge in [0.2, 0.25) is 0 Å². The average molecular weight is 354 g/mol. The van der Waals surface area contributed by atoms with E-state index < -0.39 is 0 Å². The summed E-state index contributed by atoms with van der Waals surface area (Å²) in [5, 5.41) is 18.1. The van der Waals surface area contributed by atoms with Crippen molar-refractivity contribution in [2.75, 3.05) is 0 Å². The van der Waals surface area contributed by atoms with Gasteiger partial charge in [-0.05, 0) is 28.7 Å². The third-order valence-corrected chi connectivity index (χ3v) is 3.90. The first kappa shape index (κ1) is 20.0. The van der Waals surface area contributed by atoms with Crippen molar-refractivity contribution >= 4 is 5.91 Å².